The van der Waals surface area contributed by atoms with Crippen molar-refractivity contribution in [2.45, 2.75) is 26.3 Å². The van der Waals surface area contributed by atoms with Crippen LogP contribution in [0, 0.1) is 6.92 Å². The van der Waals surface area contributed by atoms with Gasteiger partial charge in [-0.2, -0.15) is 4.98 Å². The van der Waals surface area contributed by atoms with Crippen LogP contribution in [-0.2, 0) is 4.74 Å². The molecule has 0 atom stereocenters. The highest BCUT2D eigenvalue weighted by Gasteiger charge is 2.18. The zero-order chi connectivity index (χ0) is 12.2. The summed E-state index contributed by atoms with van der Waals surface area (Å²) in [6.45, 7) is 6.51. The molecule has 0 spiro atoms. The predicted octanol–water partition coefficient (Wildman–Crippen LogP) is 1.63. The van der Waals surface area contributed by atoms with E-state index in [9.17, 15) is 0 Å². The van der Waals surface area contributed by atoms with Crippen molar-refractivity contribution >= 4 is 5.82 Å². The summed E-state index contributed by atoms with van der Waals surface area (Å²) in [6.07, 6.45) is 0. The minimum atomic E-state index is -0.180. The second-order valence-corrected chi connectivity index (χ2v) is 4.28. The van der Waals surface area contributed by atoms with Crippen molar-refractivity contribution in [3.63, 3.8) is 0 Å². The molecular weight excluding hydrogens is 206 g/mol. The number of aromatic nitrogens is 2. The number of anilines is 1. The first-order chi connectivity index (χ1) is 7.46. The Kier molecular flexibility index (Phi) is 4.06. The summed E-state index contributed by atoms with van der Waals surface area (Å²) in [7, 11) is 3.26. The maximum Gasteiger partial charge on any atom is 0.218 e. The van der Waals surface area contributed by atoms with Crippen molar-refractivity contribution in [1.29, 1.82) is 0 Å². The van der Waals surface area contributed by atoms with Gasteiger partial charge in [-0.25, -0.2) is 4.98 Å². The van der Waals surface area contributed by atoms with Crippen LogP contribution >= 0.6 is 0 Å². The Morgan fingerprint density at radius 3 is 2.56 bits per heavy atom. The van der Waals surface area contributed by atoms with Gasteiger partial charge in [0, 0.05) is 13.2 Å². The van der Waals surface area contributed by atoms with Gasteiger partial charge in [0.2, 0.25) is 5.88 Å². The lowest BCUT2D eigenvalue weighted by atomic mass is 10.1. The van der Waals surface area contributed by atoms with E-state index in [-0.39, 0.29) is 5.54 Å². The number of methoxy groups -OCH3 is 2. The van der Waals surface area contributed by atoms with Crippen molar-refractivity contribution in [3.05, 3.63) is 11.9 Å². The van der Waals surface area contributed by atoms with Crippen molar-refractivity contribution < 1.29 is 9.47 Å². The molecule has 1 aromatic rings. The van der Waals surface area contributed by atoms with Crippen molar-refractivity contribution in [2.75, 3.05) is 26.1 Å². The normalized spacial score (nSPS) is 11.3. The Labute approximate surface area is 96.2 Å². The predicted molar refractivity (Wildman–Crippen MR) is 62.9 cm³/mol. The van der Waals surface area contributed by atoms with Crippen molar-refractivity contribution in [2.24, 2.45) is 0 Å². The molecule has 5 nitrogen and oxygen atoms in total. The summed E-state index contributed by atoms with van der Waals surface area (Å²) in [5.41, 5.74) is -0.180. The first kappa shape index (κ1) is 12.7. The van der Waals surface area contributed by atoms with Crippen LogP contribution in [-0.4, -0.2) is 36.3 Å². The van der Waals surface area contributed by atoms with Gasteiger partial charge in [0.1, 0.15) is 11.6 Å². The van der Waals surface area contributed by atoms with Crippen LogP contribution in [0.5, 0.6) is 5.88 Å². The van der Waals surface area contributed by atoms with Gasteiger partial charge < -0.3 is 14.8 Å². The van der Waals surface area contributed by atoms with Gasteiger partial charge in [0.05, 0.1) is 19.3 Å². The van der Waals surface area contributed by atoms with Gasteiger partial charge in [-0.15, -0.1) is 0 Å². The number of hydrogen-bond acceptors (Lipinski definition) is 5. The SMILES string of the molecule is COCC(C)(C)Nc1cc(OC)nc(C)n1. The van der Waals surface area contributed by atoms with E-state index < -0.39 is 0 Å². The zero-order valence-corrected chi connectivity index (χ0v) is 10.5. The molecule has 5 heteroatoms. The second kappa shape index (κ2) is 5.12. The number of hydrogen-bond donors (Lipinski definition) is 1. The van der Waals surface area contributed by atoms with Crippen LogP contribution in [0.15, 0.2) is 6.07 Å². The average molecular weight is 225 g/mol. The standard InChI is InChI=1S/C11H19N3O2/c1-8-12-9(6-10(13-8)16-5)14-11(2,3)7-15-4/h6H,7H2,1-5H3,(H,12,13,14). The van der Waals surface area contributed by atoms with Gasteiger partial charge >= 0.3 is 0 Å². The zero-order valence-electron chi connectivity index (χ0n) is 10.5. The fraction of sp³-hybridized carbons (Fsp3) is 0.636. The summed E-state index contributed by atoms with van der Waals surface area (Å²) < 4.78 is 10.2. The molecule has 0 aliphatic heterocycles. The molecule has 0 aliphatic rings. The second-order valence-electron chi connectivity index (χ2n) is 4.28. The maximum atomic E-state index is 5.13. The van der Waals surface area contributed by atoms with Crippen LogP contribution in [0.2, 0.25) is 0 Å². The molecule has 0 unspecified atom stereocenters. The van der Waals surface area contributed by atoms with E-state index in [4.69, 9.17) is 9.47 Å². The molecule has 0 fully saturated rings. The van der Waals surface area contributed by atoms with Gasteiger partial charge in [-0.05, 0) is 20.8 Å². The number of rotatable bonds is 5. The topological polar surface area (TPSA) is 56.3 Å². The molecule has 0 aliphatic carbocycles. The summed E-state index contributed by atoms with van der Waals surface area (Å²) in [5.74, 6) is 1.98. The molecule has 0 radical (unpaired) electrons. The Morgan fingerprint density at radius 1 is 1.31 bits per heavy atom. The molecule has 0 aromatic carbocycles. The summed E-state index contributed by atoms with van der Waals surface area (Å²) in [6, 6.07) is 1.77. The van der Waals surface area contributed by atoms with E-state index in [0.29, 0.717) is 18.3 Å². The lowest BCUT2D eigenvalue weighted by molar-refractivity contribution is 0.158. The molecule has 0 amide bonds. The Hall–Kier alpha value is -1.36. The third-order valence-corrected chi connectivity index (χ3v) is 2.00. The molecule has 0 bridgehead atoms. The fourth-order valence-electron chi connectivity index (χ4n) is 1.45. The van der Waals surface area contributed by atoms with Crippen LogP contribution in [0.25, 0.3) is 0 Å². The van der Waals surface area contributed by atoms with Gasteiger partial charge in [0.15, 0.2) is 0 Å². The molecule has 16 heavy (non-hydrogen) atoms. The third kappa shape index (κ3) is 3.66. The largest absolute Gasteiger partial charge is 0.481 e. The Bertz CT molecular complexity index is 353. The lowest BCUT2D eigenvalue weighted by Gasteiger charge is -2.26. The maximum absolute atomic E-state index is 5.13. The van der Waals surface area contributed by atoms with E-state index >= 15 is 0 Å². The van der Waals surface area contributed by atoms with Crippen LogP contribution in [0.1, 0.15) is 19.7 Å². The molecule has 90 valence electrons. The quantitative estimate of drug-likeness (QED) is 0.825. The molecule has 1 N–H and O–H groups in total. The monoisotopic (exact) mass is 225 g/mol. The highest BCUT2D eigenvalue weighted by molar-refractivity contribution is 5.40. The number of nitrogens with zero attached hydrogens (tertiary/aromatic N) is 2. The number of ether oxygens (including phenoxy) is 2. The van der Waals surface area contributed by atoms with Gasteiger partial charge in [0.25, 0.3) is 0 Å². The average Bonchev–Trinajstić information content (AvgIpc) is 2.15. The van der Waals surface area contributed by atoms with Crippen LogP contribution in [0.3, 0.4) is 0 Å². The first-order valence-corrected chi connectivity index (χ1v) is 5.13. The van der Waals surface area contributed by atoms with Crippen LogP contribution in [0.4, 0.5) is 5.82 Å². The Balaban J connectivity index is 2.84. The van der Waals surface area contributed by atoms with E-state index in [1.165, 1.54) is 0 Å². The van der Waals surface area contributed by atoms with Crippen LogP contribution < -0.4 is 10.1 Å². The summed E-state index contributed by atoms with van der Waals surface area (Å²) in [4.78, 5) is 8.42. The molecule has 0 saturated heterocycles. The van der Waals surface area contributed by atoms with E-state index in [1.54, 1.807) is 20.3 Å². The van der Waals surface area contributed by atoms with E-state index in [2.05, 4.69) is 15.3 Å². The van der Waals surface area contributed by atoms with Crippen molar-refractivity contribution in [1.82, 2.24) is 9.97 Å². The molecule has 1 heterocycles. The number of aryl methyl sites for hydroxylation is 1. The molecule has 1 aromatic heterocycles. The van der Waals surface area contributed by atoms with E-state index in [0.717, 1.165) is 5.82 Å². The fourth-order valence-corrected chi connectivity index (χ4v) is 1.45. The molecular formula is C11H19N3O2. The van der Waals surface area contributed by atoms with Crippen molar-refractivity contribution in [3.8, 4) is 5.88 Å². The highest BCUT2D eigenvalue weighted by Crippen LogP contribution is 2.17. The van der Waals surface area contributed by atoms with E-state index in [1.807, 2.05) is 20.8 Å². The first-order valence-electron chi connectivity index (χ1n) is 5.13. The van der Waals surface area contributed by atoms with Gasteiger partial charge in [-0.1, -0.05) is 0 Å². The Morgan fingerprint density at radius 2 is 2.00 bits per heavy atom. The summed E-state index contributed by atoms with van der Waals surface area (Å²) in [5, 5.41) is 3.28. The van der Waals surface area contributed by atoms with Gasteiger partial charge in [-0.3, -0.25) is 0 Å². The number of nitrogens with one attached hydrogen (secondary N) is 1. The summed E-state index contributed by atoms with van der Waals surface area (Å²) >= 11 is 0. The highest BCUT2D eigenvalue weighted by atomic mass is 16.5. The smallest absolute Gasteiger partial charge is 0.218 e. The molecule has 0 saturated carbocycles. The minimum absolute atomic E-state index is 0.180. The minimum Gasteiger partial charge on any atom is -0.481 e. The third-order valence-electron chi connectivity index (χ3n) is 2.00. The molecule has 1 rings (SSSR count). The lowest BCUT2D eigenvalue weighted by Crippen LogP contribution is -2.36.